The van der Waals surface area contributed by atoms with Crippen molar-refractivity contribution in [2.24, 2.45) is 0 Å². The standard InChI is InChI=1S/C26H32N4O4/c1-32-23-8-6-21(7-9-23)19-29-11-10-27-25(29)20-30(13-12-28-14-16-34-17-15-28)26(31)22-4-3-5-24(18-22)33-2/h3-11,18H,12-17,19-20H2,1-2H3. The summed E-state index contributed by atoms with van der Waals surface area (Å²) >= 11 is 0. The molecule has 0 bridgehead atoms. The van der Waals surface area contributed by atoms with Crippen LogP contribution < -0.4 is 9.47 Å². The average Bonchev–Trinajstić information content (AvgIpc) is 3.33. The second-order valence-electron chi connectivity index (χ2n) is 8.23. The van der Waals surface area contributed by atoms with Crippen LogP contribution in [0.15, 0.2) is 60.9 Å². The Bertz CT molecular complexity index is 1060. The highest BCUT2D eigenvalue weighted by Gasteiger charge is 2.21. The van der Waals surface area contributed by atoms with Crippen molar-refractivity contribution >= 4 is 5.91 Å². The van der Waals surface area contributed by atoms with Gasteiger partial charge in [-0.2, -0.15) is 0 Å². The Hall–Kier alpha value is -3.36. The van der Waals surface area contributed by atoms with Crippen LogP contribution in [-0.2, 0) is 17.8 Å². The molecule has 4 rings (SSSR count). The van der Waals surface area contributed by atoms with E-state index >= 15 is 0 Å². The van der Waals surface area contributed by atoms with Gasteiger partial charge < -0.3 is 23.7 Å². The lowest BCUT2D eigenvalue weighted by Gasteiger charge is -2.30. The summed E-state index contributed by atoms with van der Waals surface area (Å²) in [7, 11) is 3.27. The first kappa shape index (κ1) is 23.8. The number of hydrogen-bond acceptors (Lipinski definition) is 6. The first-order valence-electron chi connectivity index (χ1n) is 11.5. The number of ether oxygens (including phenoxy) is 3. The van der Waals surface area contributed by atoms with Gasteiger partial charge in [0.25, 0.3) is 5.91 Å². The van der Waals surface area contributed by atoms with Crippen molar-refractivity contribution in [1.29, 1.82) is 0 Å². The molecule has 1 saturated heterocycles. The molecule has 2 aromatic carbocycles. The summed E-state index contributed by atoms with van der Waals surface area (Å²) in [4.78, 5) is 22.3. The van der Waals surface area contributed by atoms with Crippen LogP contribution in [0.3, 0.4) is 0 Å². The minimum absolute atomic E-state index is 0.0360. The molecule has 34 heavy (non-hydrogen) atoms. The van der Waals surface area contributed by atoms with E-state index in [1.165, 1.54) is 0 Å². The van der Waals surface area contributed by atoms with Gasteiger partial charge in [0.15, 0.2) is 0 Å². The third-order valence-corrected chi connectivity index (χ3v) is 6.04. The molecule has 3 aromatic rings. The minimum atomic E-state index is -0.0360. The number of benzene rings is 2. The third kappa shape index (κ3) is 6.15. The molecule has 8 nitrogen and oxygen atoms in total. The second kappa shape index (κ2) is 11.7. The molecule has 1 aliphatic rings. The van der Waals surface area contributed by atoms with Crippen LogP contribution in [0.4, 0.5) is 0 Å². The highest BCUT2D eigenvalue weighted by Crippen LogP contribution is 2.17. The largest absolute Gasteiger partial charge is 0.497 e. The van der Waals surface area contributed by atoms with Crippen molar-refractivity contribution in [3.8, 4) is 11.5 Å². The van der Waals surface area contributed by atoms with Crippen LogP contribution in [-0.4, -0.2) is 78.9 Å². The van der Waals surface area contributed by atoms with Gasteiger partial charge in [-0.1, -0.05) is 18.2 Å². The number of hydrogen-bond donors (Lipinski definition) is 0. The van der Waals surface area contributed by atoms with E-state index < -0.39 is 0 Å². The molecule has 0 atom stereocenters. The molecule has 0 N–H and O–H groups in total. The number of aromatic nitrogens is 2. The third-order valence-electron chi connectivity index (χ3n) is 6.04. The van der Waals surface area contributed by atoms with Gasteiger partial charge in [0, 0.05) is 50.7 Å². The normalized spacial score (nSPS) is 14.1. The quantitative estimate of drug-likeness (QED) is 0.460. The maximum atomic E-state index is 13.5. The average molecular weight is 465 g/mol. The molecular formula is C26H32N4O4. The zero-order chi connectivity index (χ0) is 23.8. The number of carbonyl (C=O) groups is 1. The van der Waals surface area contributed by atoms with Crippen LogP contribution in [0, 0.1) is 0 Å². The van der Waals surface area contributed by atoms with Crippen molar-refractivity contribution in [1.82, 2.24) is 19.4 Å². The number of methoxy groups -OCH3 is 2. The van der Waals surface area contributed by atoms with Gasteiger partial charge in [-0.25, -0.2) is 4.98 Å². The summed E-state index contributed by atoms with van der Waals surface area (Å²) in [5.41, 5.74) is 1.74. The Morgan fingerprint density at radius 1 is 1.06 bits per heavy atom. The highest BCUT2D eigenvalue weighted by atomic mass is 16.5. The van der Waals surface area contributed by atoms with E-state index in [4.69, 9.17) is 14.2 Å². The zero-order valence-corrected chi connectivity index (χ0v) is 19.9. The Morgan fingerprint density at radius 3 is 2.56 bits per heavy atom. The van der Waals surface area contributed by atoms with Gasteiger partial charge in [-0.3, -0.25) is 9.69 Å². The molecule has 8 heteroatoms. The number of carbonyl (C=O) groups excluding carboxylic acids is 1. The van der Waals surface area contributed by atoms with Crippen molar-refractivity contribution in [3.63, 3.8) is 0 Å². The van der Waals surface area contributed by atoms with E-state index in [2.05, 4.69) is 14.5 Å². The van der Waals surface area contributed by atoms with Gasteiger partial charge in [0.2, 0.25) is 0 Å². The molecule has 0 spiro atoms. The molecule has 1 amide bonds. The van der Waals surface area contributed by atoms with Gasteiger partial charge in [0.05, 0.1) is 34.0 Å². The molecule has 1 aromatic heterocycles. The molecule has 1 aliphatic heterocycles. The zero-order valence-electron chi connectivity index (χ0n) is 19.9. The molecule has 0 radical (unpaired) electrons. The first-order valence-corrected chi connectivity index (χ1v) is 11.5. The summed E-state index contributed by atoms with van der Waals surface area (Å²) in [5, 5.41) is 0. The number of rotatable bonds is 10. The maximum Gasteiger partial charge on any atom is 0.254 e. The molecule has 1 fully saturated rings. The van der Waals surface area contributed by atoms with E-state index in [9.17, 15) is 4.79 Å². The van der Waals surface area contributed by atoms with Crippen LogP contribution in [0.5, 0.6) is 11.5 Å². The summed E-state index contributed by atoms with van der Waals surface area (Å²) in [6, 6.07) is 15.3. The molecule has 180 valence electrons. The Balaban J connectivity index is 1.51. The Kier molecular flexibility index (Phi) is 8.17. The molecule has 0 aliphatic carbocycles. The summed E-state index contributed by atoms with van der Waals surface area (Å²) in [6.45, 7) is 5.71. The van der Waals surface area contributed by atoms with Gasteiger partial charge >= 0.3 is 0 Å². The van der Waals surface area contributed by atoms with E-state index in [-0.39, 0.29) is 5.91 Å². The lowest BCUT2D eigenvalue weighted by atomic mass is 10.2. The Labute approximate surface area is 200 Å². The fourth-order valence-corrected chi connectivity index (χ4v) is 4.01. The number of nitrogens with zero attached hydrogens (tertiary/aromatic N) is 4. The maximum absolute atomic E-state index is 13.5. The van der Waals surface area contributed by atoms with Crippen LogP contribution >= 0.6 is 0 Å². The fourth-order valence-electron chi connectivity index (χ4n) is 4.01. The highest BCUT2D eigenvalue weighted by molar-refractivity contribution is 5.94. The van der Waals surface area contributed by atoms with Crippen LogP contribution in [0.2, 0.25) is 0 Å². The first-order chi connectivity index (χ1) is 16.7. The van der Waals surface area contributed by atoms with Gasteiger partial charge in [-0.05, 0) is 35.9 Å². The Morgan fingerprint density at radius 2 is 1.82 bits per heavy atom. The summed E-state index contributed by atoms with van der Waals surface area (Å²) in [5.74, 6) is 2.30. The predicted octanol–water partition coefficient (Wildman–Crippen LogP) is 2.92. The number of imidazole rings is 1. The monoisotopic (exact) mass is 464 g/mol. The second-order valence-corrected chi connectivity index (χ2v) is 8.23. The smallest absolute Gasteiger partial charge is 0.254 e. The van der Waals surface area contributed by atoms with Crippen LogP contribution in [0.25, 0.3) is 0 Å². The lowest BCUT2D eigenvalue weighted by Crippen LogP contribution is -2.43. The number of amides is 1. The van der Waals surface area contributed by atoms with E-state index in [0.717, 1.165) is 50.0 Å². The molecule has 0 saturated carbocycles. The van der Waals surface area contributed by atoms with E-state index in [1.54, 1.807) is 26.5 Å². The van der Waals surface area contributed by atoms with Crippen molar-refractivity contribution in [2.75, 3.05) is 53.6 Å². The molecular weight excluding hydrogens is 432 g/mol. The van der Waals surface area contributed by atoms with Crippen molar-refractivity contribution in [2.45, 2.75) is 13.1 Å². The molecule has 2 heterocycles. The lowest BCUT2D eigenvalue weighted by molar-refractivity contribution is 0.0318. The summed E-state index contributed by atoms with van der Waals surface area (Å²) < 4.78 is 18.1. The van der Waals surface area contributed by atoms with Gasteiger partial charge in [0.1, 0.15) is 17.3 Å². The summed E-state index contributed by atoms with van der Waals surface area (Å²) in [6.07, 6.45) is 3.74. The van der Waals surface area contributed by atoms with Crippen molar-refractivity contribution in [3.05, 3.63) is 77.9 Å². The topological polar surface area (TPSA) is 69.1 Å². The van der Waals surface area contributed by atoms with E-state index in [0.29, 0.717) is 30.9 Å². The van der Waals surface area contributed by atoms with E-state index in [1.807, 2.05) is 53.6 Å². The number of morpholine rings is 1. The fraction of sp³-hybridized carbons (Fsp3) is 0.385. The van der Waals surface area contributed by atoms with Crippen molar-refractivity contribution < 1.29 is 19.0 Å². The minimum Gasteiger partial charge on any atom is -0.497 e. The van der Waals surface area contributed by atoms with Crippen LogP contribution in [0.1, 0.15) is 21.7 Å². The SMILES string of the molecule is COc1ccc(Cn2ccnc2CN(CCN2CCOCC2)C(=O)c2cccc(OC)c2)cc1. The predicted molar refractivity (Wildman–Crippen MR) is 129 cm³/mol. The van der Waals surface area contributed by atoms with Gasteiger partial charge in [-0.15, -0.1) is 0 Å². The molecule has 0 unspecified atom stereocenters.